The zero-order valence-electron chi connectivity index (χ0n) is 9.35. The van der Waals surface area contributed by atoms with Crippen molar-refractivity contribution in [3.63, 3.8) is 0 Å². The van der Waals surface area contributed by atoms with Crippen LogP contribution in [0, 0.1) is 5.92 Å². The molecule has 2 N–H and O–H groups in total. The lowest BCUT2D eigenvalue weighted by Gasteiger charge is -2.09. The summed E-state index contributed by atoms with van der Waals surface area (Å²) in [5, 5.41) is 11.4. The smallest absolute Gasteiger partial charge is 0.244 e. The molecule has 1 aromatic heterocycles. The van der Waals surface area contributed by atoms with Crippen molar-refractivity contribution < 1.29 is 14.3 Å². The Labute approximate surface area is 95.0 Å². The Hall–Kier alpha value is -1.55. The number of rotatable bonds is 6. The number of aliphatic hydroxyl groups excluding tert-OH is 1. The maximum absolute atomic E-state index is 11.3. The second-order valence-corrected chi connectivity index (χ2v) is 3.71. The molecule has 0 radical (unpaired) electrons. The van der Waals surface area contributed by atoms with Crippen LogP contribution in [0.2, 0.25) is 0 Å². The monoisotopic (exact) mass is 223 g/mol. The molecule has 0 saturated heterocycles. The maximum Gasteiger partial charge on any atom is 0.244 e. The summed E-state index contributed by atoms with van der Waals surface area (Å²) in [4.78, 5) is 11.3. The first-order valence-electron chi connectivity index (χ1n) is 5.32. The van der Waals surface area contributed by atoms with E-state index in [0.29, 0.717) is 18.7 Å². The highest BCUT2D eigenvalue weighted by Crippen LogP contribution is 2.02. The van der Waals surface area contributed by atoms with Crippen LogP contribution in [0.4, 0.5) is 0 Å². The summed E-state index contributed by atoms with van der Waals surface area (Å²) in [6.07, 6.45) is 5.31. The van der Waals surface area contributed by atoms with Crippen LogP contribution in [0.15, 0.2) is 28.9 Å². The van der Waals surface area contributed by atoms with Crippen molar-refractivity contribution in [2.24, 2.45) is 5.92 Å². The maximum atomic E-state index is 11.3. The van der Waals surface area contributed by atoms with Gasteiger partial charge < -0.3 is 14.8 Å². The number of carbonyl (C=O) groups excluding carboxylic acids is 1. The molecule has 0 bridgehead atoms. The number of furan rings is 1. The molecule has 16 heavy (non-hydrogen) atoms. The number of aliphatic hydroxyl groups is 1. The van der Waals surface area contributed by atoms with Gasteiger partial charge in [-0.15, -0.1) is 0 Å². The fraction of sp³-hybridized carbons (Fsp3) is 0.417. The lowest BCUT2D eigenvalue weighted by molar-refractivity contribution is -0.116. The number of hydrogen-bond acceptors (Lipinski definition) is 3. The van der Waals surface area contributed by atoms with E-state index < -0.39 is 0 Å². The summed E-state index contributed by atoms with van der Waals surface area (Å²) < 4.78 is 5.05. The molecule has 0 fully saturated rings. The van der Waals surface area contributed by atoms with Crippen LogP contribution in [0.3, 0.4) is 0 Å². The highest BCUT2D eigenvalue weighted by molar-refractivity contribution is 5.91. The van der Waals surface area contributed by atoms with Crippen LogP contribution in [-0.4, -0.2) is 24.2 Å². The van der Waals surface area contributed by atoms with Crippen LogP contribution in [-0.2, 0) is 4.79 Å². The lowest BCUT2D eigenvalue weighted by Crippen LogP contribution is -2.26. The van der Waals surface area contributed by atoms with Crippen LogP contribution in [0.5, 0.6) is 0 Å². The standard InChI is InChI=1S/C12H17NO3/c1-10(6-7-14)9-13-12(15)5-4-11-3-2-8-16-11/h2-5,8,10,14H,6-7,9H2,1H3,(H,13,15)/b5-4+. The molecule has 1 heterocycles. The number of nitrogens with one attached hydrogen (secondary N) is 1. The third-order valence-electron chi connectivity index (χ3n) is 2.19. The number of amides is 1. The zero-order valence-corrected chi connectivity index (χ0v) is 9.35. The quantitative estimate of drug-likeness (QED) is 0.717. The van der Waals surface area contributed by atoms with Gasteiger partial charge in [0.2, 0.25) is 5.91 Å². The van der Waals surface area contributed by atoms with Gasteiger partial charge in [0.15, 0.2) is 0 Å². The van der Waals surface area contributed by atoms with Gasteiger partial charge in [0, 0.05) is 19.2 Å². The molecule has 0 aromatic carbocycles. The van der Waals surface area contributed by atoms with Crippen LogP contribution >= 0.6 is 0 Å². The molecule has 1 atom stereocenters. The summed E-state index contributed by atoms with van der Waals surface area (Å²) in [5.74, 6) is 0.783. The van der Waals surface area contributed by atoms with Gasteiger partial charge >= 0.3 is 0 Å². The molecule has 4 heteroatoms. The molecular formula is C12H17NO3. The highest BCUT2D eigenvalue weighted by atomic mass is 16.3. The Morgan fingerprint density at radius 2 is 2.50 bits per heavy atom. The highest BCUT2D eigenvalue weighted by Gasteiger charge is 2.02. The second-order valence-electron chi connectivity index (χ2n) is 3.71. The minimum Gasteiger partial charge on any atom is -0.465 e. The van der Waals surface area contributed by atoms with Gasteiger partial charge in [-0.05, 0) is 30.5 Å². The third kappa shape index (κ3) is 4.79. The molecule has 1 unspecified atom stereocenters. The molecule has 1 rings (SSSR count). The fourth-order valence-electron chi connectivity index (χ4n) is 1.20. The van der Waals surface area contributed by atoms with Crippen molar-refractivity contribution in [2.75, 3.05) is 13.2 Å². The second kappa shape index (κ2) is 6.85. The predicted octanol–water partition coefficient (Wildman–Crippen LogP) is 1.43. The van der Waals surface area contributed by atoms with Gasteiger partial charge in [-0.2, -0.15) is 0 Å². The predicted molar refractivity (Wildman–Crippen MR) is 61.6 cm³/mol. The molecular weight excluding hydrogens is 206 g/mol. The average Bonchev–Trinajstić information content (AvgIpc) is 2.77. The van der Waals surface area contributed by atoms with Crippen molar-refractivity contribution >= 4 is 12.0 Å². The van der Waals surface area contributed by atoms with Crippen molar-refractivity contribution in [1.82, 2.24) is 5.32 Å². The molecule has 1 amide bonds. The van der Waals surface area contributed by atoms with E-state index in [1.807, 2.05) is 6.92 Å². The number of carbonyl (C=O) groups is 1. The molecule has 0 aliphatic heterocycles. The topological polar surface area (TPSA) is 62.5 Å². The first-order valence-corrected chi connectivity index (χ1v) is 5.32. The Kier molecular flexibility index (Phi) is 5.36. The molecule has 88 valence electrons. The van der Waals surface area contributed by atoms with E-state index in [1.165, 1.54) is 6.08 Å². The fourth-order valence-corrected chi connectivity index (χ4v) is 1.20. The molecule has 1 aromatic rings. The Bertz CT molecular complexity index is 330. The van der Waals surface area contributed by atoms with E-state index >= 15 is 0 Å². The zero-order chi connectivity index (χ0) is 11.8. The molecule has 0 spiro atoms. The summed E-state index contributed by atoms with van der Waals surface area (Å²) in [6.45, 7) is 2.70. The van der Waals surface area contributed by atoms with E-state index in [1.54, 1.807) is 24.5 Å². The van der Waals surface area contributed by atoms with Crippen LogP contribution in [0.1, 0.15) is 19.1 Å². The lowest BCUT2D eigenvalue weighted by atomic mass is 10.1. The normalized spacial score (nSPS) is 12.9. The molecule has 0 aliphatic carbocycles. The van der Waals surface area contributed by atoms with E-state index in [2.05, 4.69) is 5.32 Å². The SMILES string of the molecule is CC(CCO)CNC(=O)/C=C/c1ccco1. The van der Waals surface area contributed by atoms with Gasteiger partial charge in [0.05, 0.1) is 6.26 Å². The largest absolute Gasteiger partial charge is 0.465 e. The van der Waals surface area contributed by atoms with Crippen LogP contribution in [0.25, 0.3) is 6.08 Å². The van der Waals surface area contributed by atoms with E-state index in [4.69, 9.17) is 9.52 Å². The first-order chi connectivity index (χ1) is 7.72. The molecule has 0 aliphatic rings. The summed E-state index contributed by atoms with van der Waals surface area (Å²) >= 11 is 0. The minimum atomic E-state index is -0.152. The van der Waals surface area contributed by atoms with E-state index in [-0.39, 0.29) is 18.4 Å². The number of hydrogen-bond donors (Lipinski definition) is 2. The average molecular weight is 223 g/mol. The third-order valence-corrected chi connectivity index (χ3v) is 2.19. The molecule has 0 saturated carbocycles. The first kappa shape index (κ1) is 12.5. The Morgan fingerprint density at radius 1 is 1.69 bits per heavy atom. The van der Waals surface area contributed by atoms with Crippen LogP contribution < -0.4 is 5.32 Å². The summed E-state index contributed by atoms with van der Waals surface area (Å²) in [5.41, 5.74) is 0. The van der Waals surface area contributed by atoms with Crippen molar-refractivity contribution in [2.45, 2.75) is 13.3 Å². The summed E-state index contributed by atoms with van der Waals surface area (Å²) in [6, 6.07) is 3.54. The van der Waals surface area contributed by atoms with Crippen molar-refractivity contribution in [3.8, 4) is 0 Å². The van der Waals surface area contributed by atoms with Gasteiger partial charge in [-0.3, -0.25) is 4.79 Å². The van der Waals surface area contributed by atoms with Crippen molar-refractivity contribution in [3.05, 3.63) is 30.2 Å². The molecule has 4 nitrogen and oxygen atoms in total. The van der Waals surface area contributed by atoms with E-state index in [0.717, 1.165) is 0 Å². The van der Waals surface area contributed by atoms with Gasteiger partial charge in [0.25, 0.3) is 0 Å². The van der Waals surface area contributed by atoms with Gasteiger partial charge in [-0.25, -0.2) is 0 Å². The Morgan fingerprint density at radius 3 is 3.12 bits per heavy atom. The minimum absolute atomic E-state index is 0.152. The Balaban J connectivity index is 2.26. The van der Waals surface area contributed by atoms with Crippen molar-refractivity contribution in [1.29, 1.82) is 0 Å². The van der Waals surface area contributed by atoms with E-state index in [9.17, 15) is 4.79 Å². The summed E-state index contributed by atoms with van der Waals surface area (Å²) in [7, 11) is 0. The van der Waals surface area contributed by atoms with Gasteiger partial charge in [-0.1, -0.05) is 6.92 Å². The van der Waals surface area contributed by atoms with Gasteiger partial charge in [0.1, 0.15) is 5.76 Å².